The van der Waals surface area contributed by atoms with Crippen LogP contribution in [0.25, 0.3) is 0 Å². The van der Waals surface area contributed by atoms with E-state index in [0.29, 0.717) is 12.5 Å². The fourth-order valence-electron chi connectivity index (χ4n) is 2.07. The summed E-state index contributed by atoms with van der Waals surface area (Å²) < 4.78 is 10.8. The van der Waals surface area contributed by atoms with Crippen molar-refractivity contribution in [3.63, 3.8) is 0 Å². The lowest BCUT2D eigenvalue weighted by Gasteiger charge is -2.17. The SMILES string of the molecule is CCCCC[C@H]1C[C@@]1(OCC)OC(C)=O. The van der Waals surface area contributed by atoms with Crippen LogP contribution in [0.3, 0.4) is 0 Å². The monoisotopic (exact) mass is 214 g/mol. The summed E-state index contributed by atoms with van der Waals surface area (Å²) >= 11 is 0. The summed E-state index contributed by atoms with van der Waals surface area (Å²) in [5.41, 5.74) is 0. The highest BCUT2D eigenvalue weighted by atomic mass is 16.7. The first-order chi connectivity index (χ1) is 7.14. The van der Waals surface area contributed by atoms with Crippen molar-refractivity contribution in [2.75, 3.05) is 6.61 Å². The molecule has 2 atom stereocenters. The molecule has 1 aliphatic carbocycles. The van der Waals surface area contributed by atoms with Gasteiger partial charge in [-0.1, -0.05) is 26.2 Å². The maximum absolute atomic E-state index is 10.9. The smallest absolute Gasteiger partial charge is 0.305 e. The number of esters is 1. The van der Waals surface area contributed by atoms with E-state index in [1.165, 1.54) is 26.2 Å². The first-order valence-corrected chi connectivity index (χ1v) is 5.98. The fourth-order valence-corrected chi connectivity index (χ4v) is 2.07. The molecule has 15 heavy (non-hydrogen) atoms. The molecule has 3 nitrogen and oxygen atoms in total. The van der Waals surface area contributed by atoms with Crippen molar-refractivity contribution in [3.8, 4) is 0 Å². The summed E-state index contributed by atoms with van der Waals surface area (Å²) in [4.78, 5) is 10.9. The fraction of sp³-hybridized carbons (Fsp3) is 0.917. The first kappa shape index (κ1) is 12.5. The molecule has 0 aromatic rings. The van der Waals surface area contributed by atoms with E-state index in [-0.39, 0.29) is 5.97 Å². The van der Waals surface area contributed by atoms with Crippen LogP contribution in [0.15, 0.2) is 0 Å². The van der Waals surface area contributed by atoms with E-state index in [2.05, 4.69) is 6.92 Å². The van der Waals surface area contributed by atoms with E-state index in [9.17, 15) is 4.79 Å². The molecule has 0 aromatic heterocycles. The molecule has 0 N–H and O–H groups in total. The number of unbranched alkanes of at least 4 members (excludes halogenated alkanes) is 2. The molecule has 0 aromatic carbocycles. The van der Waals surface area contributed by atoms with E-state index < -0.39 is 5.79 Å². The van der Waals surface area contributed by atoms with Crippen LogP contribution in [0, 0.1) is 5.92 Å². The maximum atomic E-state index is 10.9. The van der Waals surface area contributed by atoms with Crippen LogP contribution >= 0.6 is 0 Å². The summed E-state index contributed by atoms with van der Waals surface area (Å²) in [7, 11) is 0. The van der Waals surface area contributed by atoms with E-state index in [0.717, 1.165) is 12.8 Å². The van der Waals surface area contributed by atoms with Crippen molar-refractivity contribution in [3.05, 3.63) is 0 Å². The van der Waals surface area contributed by atoms with E-state index in [4.69, 9.17) is 9.47 Å². The summed E-state index contributed by atoms with van der Waals surface area (Å²) in [6, 6.07) is 0. The first-order valence-electron chi connectivity index (χ1n) is 5.98. The summed E-state index contributed by atoms with van der Waals surface area (Å²) in [6.45, 7) is 6.18. The molecular formula is C12H22O3. The predicted molar refractivity (Wildman–Crippen MR) is 58.4 cm³/mol. The van der Waals surface area contributed by atoms with Crippen molar-refractivity contribution < 1.29 is 14.3 Å². The Hall–Kier alpha value is -0.570. The molecule has 0 aliphatic heterocycles. The lowest BCUT2D eigenvalue weighted by atomic mass is 10.1. The molecule has 0 bridgehead atoms. The van der Waals surface area contributed by atoms with Gasteiger partial charge in [-0.2, -0.15) is 0 Å². The minimum absolute atomic E-state index is 0.235. The van der Waals surface area contributed by atoms with Crippen molar-refractivity contribution in [2.24, 2.45) is 5.92 Å². The van der Waals surface area contributed by atoms with Gasteiger partial charge in [0.2, 0.25) is 5.79 Å². The van der Waals surface area contributed by atoms with Crippen molar-refractivity contribution in [2.45, 2.75) is 58.7 Å². The minimum Gasteiger partial charge on any atom is -0.433 e. The highest BCUT2D eigenvalue weighted by molar-refractivity contribution is 5.66. The van der Waals surface area contributed by atoms with Gasteiger partial charge in [-0.25, -0.2) is 0 Å². The Labute approximate surface area is 92.1 Å². The third kappa shape index (κ3) is 3.49. The number of carbonyl (C=O) groups is 1. The lowest BCUT2D eigenvalue weighted by Crippen LogP contribution is -2.24. The van der Waals surface area contributed by atoms with Gasteiger partial charge in [0.05, 0.1) is 0 Å². The molecule has 1 fully saturated rings. The molecule has 1 saturated carbocycles. The Balaban J connectivity index is 2.32. The van der Waals surface area contributed by atoms with E-state index in [1.807, 2.05) is 6.92 Å². The van der Waals surface area contributed by atoms with Gasteiger partial charge < -0.3 is 9.47 Å². The lowest BCUT2D eigenvalue weighted by molar-refractivity contribution is -0.191. The van der Waals surface area contributed by atoms with Gasteiger partial charge in [0.1, 0.15) is 0 Å². The van der Waals surface area contributed by atoms with Crippen molar-refractivity contribution >= 4 is 5.97 Å². The zero-order valence-electron chi connectivity index (χ0n) is 10.0. The minimum atomic E-state index is -0.561. The van der Waals surface area contributed by atoms with E-state index >= 15 is 0 Å². The largest absolute Gasteiger partial charge is 0.433 e. The van der Waals surface area contributed by atoms with Gasteiger partial charge in [0, 0.05) is 25.9 Å². The van der Waals surface area contributed by atoms with Crippen molar-refractivity contribution in [1.82, 2.24) is 0 Å². The number of hydrogen-bond acceptors (Lipinski definition) is 3. The molecule has 88 valence electrons. The topological polar surface area (TPSA) is 35.5 Å². The molecule has 0 radical (unpaired) electrons. The molecule has 3 heteroatoms. The van der Waals surface area contributed by atoms with Gasteiger partial charge in [-0.15, -0.1) is 0 Å². The zero-order valence-corrected chi connectivity index (χ0v) is 10.0. The number of ether oxygens (including phenoxy) is 2. The normalized spacial score (nSPS) is 28.9. The molecule has 0 spiro atoms. The van der Waals surface area contributed by atoms with Crippen LogP contribution in [0.5, 0.6) is 0 Å². The van der Waals surface area contributed by atoms with Gasteiger partial charge in [0.25, 0.3) is 0 Å². The van der Waals surface area contributed by atoms with Gasteiger partial charge in [0.15, 0.2) is 0 Å². The Morgan fingerprint density at radius 2 is 2.13 bits per heavy atom. The predicted octanol–water partition coefficient (Wildman–Crippen LogP) is 2.88. The zero-order chi connectivity index (χ0) is 11.3. The Kier molecular flexibility index (Phi) is 4.58. The van der Waals surface area contributed by atoms with Crippen molar-refractivity contribution in [1.29, 1.82) is 0 Å². The second-order valence-corrected chi connectivity index (χ2v) is 4.24. The third-order valence-electron chi connectivity index (χ3n) is 2.85. The van der Waals surface area contributed by atoms with E-state index in [1.54, 1.807) is 0 Å². The Bertz CT molecular complexity index is 215. The average Bonchev–Trinajstić information content (AvgIpc) is 2.78. The molecular weight excluding hydrogens is 192 g/mol. The molecule has 0 amide bonds. The van der Waals surface area contributed by atoms with Crippen LogP contribution in [0.2, 0.25) is 0 Å². The van der Waals surface area contributed by atoms with Crippen LogP contribution < -0.4 is 0 Å². The number of carbonyl (C=O) groups excluding carboxylic acids is 1. The second kappa shape index (κ2) is 5.50. The summed E-state index contributed by atoms with van der Waals surface area (Å²) in [6.07, 6.45) is 5.67. The van der Waals surface area contributed by atoms with Gasteiger partial charge in [-0.3, -0.25) is 4.79 Å². The molecule has 1 rings (SSSR count). The third-order valence-corrected chi connectivity index (χ3v) is 2.85. The molecule has 0 unspecified atom stereocenters. The summed E-state index contributed by atoms with van der Waals surface area (Å²) in [5, 5.41) is 0. The Morgan fingerprint density at radius 1 is 1.40 bits per heavy atom. The van der Waals surface area contributed by atoms with Gasteiger partial charge in [-0.05, 0) is 13.3 Å². The highest BCUT2D eigenvalue weighted by Gasteiger charge is 2.58. The quantitative estimate of drug-likeness (QED) is 0.371. The summed E-state index contributed by atoms with van der Waals surface area (Å²) in [5.74, 6) is -0.372. The molecule has 1 aliphatic rings. The van der Waals surface area contributed by atoms with Crippen LogP contribution in [-0.4, -0.2) is 18.4 Å². The highest BCUT2D eigenvalue weighted by Crippen LogP contribution is 2.50. The van der Waals surface area contributed by atoms with Crippen LogP contribution in [0.1, 0.15) is 52.9 Å². The molecule has 0 heterocycles. The van der Waals surface area contributed by atoms with Crippen LogP contribution in [-0.2, 0) is 14.3 Å². The van der Waals surface area contributed by atoms with Crippen LogP contribution in [0.4, 0.5) is 0 Å². The Morgan fingerprint density at radius 3 is 2.67 bits per heavy atom. The van der Waals surface area contributed by atoms with Gasteiger partial charge >= 0.3 is 5.97 Å². The number of rotatable bonds is 7. The maximum Gasteiger partial charge on any atom is 0.305 e. The average molecular weight is 214 g/mol. The molecule has 0 saturated heterocycles. The number of hydrogen-bond donors (Lipinski definition) is 0. The second-order valence-electron chi connectivity index (χ2n) is 4.24. The standard InChI is InChI=1S/C12H22O3/c1-4-6-7-8-11-9-12(11,14-5-2)15-10(3)13/h11H,4-9H2,1-3H3/t11-,12+/m0/s1.